The maximum absolute atomic E-state index is 12.8. The molecule has 1 amide bonds. The number of hydrogen-bond acceptors (Lipinski definition) is 7. The van der Waals surface area contributed by atoms with E-state index >= 15 is 0 Å². The summed E-state index contributed by atoms with van der Waals surface area (Å²) in [7, 11) is 3.05. The Morgan fingerprint density at radius 3 is 2.73 bits per heavy atom. The number of benzene rings is 1. The molecule has 1 aromatic rings. The number of aliphatic carboxylic acids is 1. The molecule has 1 atom stereocenters. The highest BCUT2D eigenvalue weighted by Gasteiger charge is 2.40. The van der Waals surface area contributed by atoms with Crippen LogP contribution in [0.2, 0.25) is 0 Å². The molecule has 0 aliphatic carbocycles. The largest absolute Gasteiger partial charge is 0.493 e. The molecule has 1 N–H and O–H groups in total. The SMILES string of the molecule is COc1cccc(C=C2SC(=S)N(C(CCSC)C(=O)O)C2=O)c1OC. The second-order valence-electron chi connectivity index (χ2n) is 5.27. The Labute approximate surface area is 165 Å². The molecule has 0 saturated carbocycles. The second kappa shape index (κ2) is 9.29. The smallest absolute Gasteiger partial charge is 0.326 e. The maximum Gasteiger partial charge on any atom is 0.326 e. The van der Waals surface area contributed by atoms with E-state index in [1.807, 2.05) is 6.26 Å². The first-order chi connectivity index (χ1) is 12.4. The Morgan fingerprint density at radius 1 is 1.42 bits per heavy atom. The van der Waals surface area contributed by atoms with Crippen LogP contribution in [0.4, 0.5) is 0 Å². The standard InChI is InChI=1S/C17H19NO5S3/c1-22-12-6-4-5-10(14(12)23-2)9-13-15(19)18(17(24)26-13)11(16(20)21)7-8-25-3/h4-6,9,11H,7-8H2,1-3H3,(H,20,21). The van der Waals surface area contributed by atoms with Crippen molar-refractivity contribution in [3.63, 3.8) is 0 Å². The molecule has 1 fully saturated rings. The number of para-hydroxylation sites is 1. The first kappa shape index (κ1) is 20.6. The molecule has 1 aliphatic rings. The van der Waals surface area contributed by atoms with Gasteiger partial charge in [-0.3, -0.25) is 9.69 Å². The van der Waals surface area contributed by atoms with Crippen molar-refractivity contribution in [2.24, 2.45) is 0 Å². The summed E-state index contributed by atoms with van der Waals surface area (Å²) in [5.74, 6) is 0.197. The summed E-state index contributed by atoms with van der Waals surface area (Å²) in [6.45, 7) is 0. The van der Waals surface area contributed by atoms with E-state index in [2.05, 4.69) is 0 Å². The summed E-state index contributed by atoms with van der Waals surface area (Å²) in [6.07, 6.45) is 3.87. The average Bonchev–Trinajstić information content (AvgIpc) is 2.89. The number of methoxy groups -OCH3 is 2. The average molecular weight is 414 g/mol. The molecule has 1 heterocycles. The highest BCUT2D eigenvalue weighted by molar-refractivity contribution is 8.26. The van der Waals surface area contributed by atoms with Gasteiger partial charge in [0.05, 0.1) is 19.1 Å². The lowest BCUT2D eigenvalue weighted by Gasteiger charge is -2.22. The lowest BCUT2D eigenvalue weighted by Crippen LogP contribution is -2.44. The second-order valence-corrected chi connectivity index (χ2v) is 7.93. The Morgan fingerprint density at radius 2 is 2.15 bits per heavy atom. The van der Waals surface area contributed by atoms with E-state index in [0.717, 1.165) is 11.8 Å². The summed E-state index contributed by atoms with van der Waals surface area (Å²) in [5.41, 5.74) is 0.656. The fraction of sp³-hybridized carbons (Fsp3) is 0.353. The number of ether oxygens (including phenoxy) is 2. The lowest BCUT2D eigenvalue weighted by molar-refractivity contribution is -0.145. The zero-order valence-electron chi connectivity index (χ0n) is 14.6. The number of carbonyl (C=O) groups is 2. The maximum atomic E-state index is 12.8. The van der Waals surface area contributed by atoms with Crippen molar-refractivity contribution < 1.29 is 24.2 Å². The van der Waals surface area contributed by atoms with Crippen molar-refractivity contribution in [2.75, 3.05) is 26.2 Å². The van der Waals surface area contributed by atoms with Crippen LogP contribution < -0.4 is 9.47 Å². The van der Waals surface area contributed by atoms with Gasteiger partial charge in [0.25, 0.3) is 5.91 Å². The first-order valence-electron chi connectivity index (χ1n) is 7.64. The van der Waals surface area contributed by atoms with E-state index in [1.165, 1.54) is 30.9 Å². The zero-order chi connectivity index (χ0) is 19.3. The van der Waals surface area contributed by atoms with Crippen LogP contribution in [0.1, 0.15) is 12.0 Å². The highest BCUT2D eigenvalue weighted by atomic mass is 32.2. The van der Waals surface area contributed by atoms with E-state index in [1.54, 1.807) is 24.3 Å². The monoisotopic (exact) mass is 413 g/mol. The molecule has 0 aromatic heterocycles. The van der Waals surface area contributed by atoms with Gasteiger partial charge in [0.1, 0.15) is 10.4 Å². The van der Waals surface area contributed by atoms with Crippen LogP contribution in [-0.2, 0) is 9.59 Å². The summed E-state index contributed by atoms with van der Waals surface area (Å²) >= 11 is 7.88. The van der Waals surface area contributed by atoms with Crippen LogP contribution >= 0.6 is 35.7 Å². The topological polar surface area (TPSA) is 76.1 Å². The number of thiocarbonyl (C=S) groups is 1. The van der Waals surface area contributed by atoms with Gasteiger partial charge >= 0.3 is 5.97 Å². The molecule has 0 bridgehead atoms. The first-order valence-corrected chi connectivity index (χ1v) is 10.3. The molecule has 1 aliphatic heterocycles. The van der Waals surface area contributed by atoms with Crippen LogP contribution in [-0.4, -0.2) is 58.5 Å². The van der Waals surface area contributed by atoms with Crippen LogP contribution in [0.15, 0.2) is 23.1 Å². The molecule has 2 rings (SSSR count). The molecule has 1 saturated heterocycles. The minimum atomic E-state index is -1.06. The molecule has 0 radical (unpaired) electrons. The van der Waals surface area contributed by atoms with Gasteiger partial charge in [0.15, 0.2) is 11.5 Å². The number of hydrogen-bond donors (Lipinski definition) is 1. The molecule has 0 spiro atoms. The predicted octanol–water partition coefficient (Wildman–Crippen LogP) is 3.11. The van der Waals surface area contributed by atoms with Gasteiger partial charge in [0.2, 0.25) is 0 Å². The van der Waals surface area contributed by atoms with Crippen LogP contribution in [0, 0.1) is 0 Å². The van der Waals surface area contributed by atoms with Gasteiger partial charge in [-0.05, 0) is 30.6 Å². The van der Waals surface area contributed by atoms with E-state index < -0.39 is 17.9 Å². The van der Waals surface area contributed by atoms with Gasteiger partial charge in [-0.2, -0.15) is 11.8 Å². The Kier molecular flexibility index (Phi) is 7.36. The minimum Gasteiger partial charge on any atom is -0.493 e. The van der Waals surface area contributed by atoms with Crippen molar-refractivity contribution in [1.82, 2.24) is 4.90 Å². The van der Waals surface area contributed by atoms with Crippen molar-refractivity contribution in [1.29, 1.82) is 0 Å². The number of nitrogens with zero attached hydrogens (tertiary/aromatic N) is 1. The number of rotatable bonds is 8. The van der Waals surface area contributed by atoms with Crippen LogP contribution in [0.3, 0.4) is 0 Å². The lowest BCUT2D eigenvalue weighted by atomic mass is 10.1. The fourth-order valence-corrected chi connectivity index (χ4v) is 4.31. The molecule has 1 aromatic carbocycles. The number of carboxylic acid groups (broad SMARTS) is 1. The number of carbonyl (C=O) groups excluding carboxylic acids is 1. The molecular weight excluding hydrogens is 394 g/mol. The van der Waals surface area contributed by atoms with Gasteiger partial charge in [-0.1, -0.05) is 36.1 Å². The molecule has 9 heteroatoms. The van der Waals surface area contributed by atoms with Crippen molar-refractivity contribution in [3.8, 4) is 11.5 Å². The van der Waals surface area contributed by atoms with Gasteiger partial charge in [0, 0.05) is 5.56 Å². The van der Waals surface area contributed by atoms with Gasteiger partial charge < -0.3 is 14.6 Å². The summed E-state index contributed by atoms with van der Waals surface area (Å²) < 4.78 is 10.9. The van der Waals surface area contributed by atoms with E-state index in [9.17, 15) is 14.7 Å². The quantitative estimate of drug-likeness (QED) is 0.515. The van der Waals surface area contributed by atoms with E-state index in [0.29, 0.717) is 34.1 Å². The zero-order valence-corrected chi connectivity index (χ0v) is 17.0. The predicted molar refractivity (Wildman–Crippen MR) is 109 cm³/mol. The van der Waals surface area contributed by atoms with Crippen LogP contribution in [0.5, 0.6) is 11.5 Å². The fourth-order valence-electron chi connectivity index (χ4n) is 2.51. The number of carboxylic acids is 1. The molecule has 6 nitrogen and oxygen atoms in total. The van der Waals surface area contributed by atoms with Gasteiger partial charge in [-0.25, -0.2) is 4.79 Å². The van der Waals surface area contributed by atoms with Crippen molar-refractivity contribution in [3.05, 3.63) is 28.7 Å². The van der Waals surface area contributed by atoms with Crippen LogP contribution in [0.25, 0.3) is 6.08 Å². The summed E-state index contributed by atoms with van der Waals surface area (Å²) in [6, 6.07) is 4.36. The van der Waals surface area contributed by atoms with Gasteiger partial charge in [-0.15, -0.1) is 0 Å². The third-order valence-electron chi connectivity index (χ3n) is 3.74. The Balaban J connectivity index is 2.36. The van der Waals surface area contributed by atoms with Crippen molar-refractivity contribution in [2.45, 2.75) is 12.5 Å². The van der Waals surface area contributed by atoms with Crippen molar-refractivity contribution >= 4 is 58.0 Å². The third kappa shape index (κ3) is 4.33. The number of amides is 1. The summed E-state index contributed by atoms with van der Waals surface area (Å²) in [5, 5.41) is 9.49. The number of thioether (sulfide) groups is 2. The Bertz CT molecular complexity index is 750. The van der Waals surface area contributed by atoms with E-state index in [4.69, 9.17) is 21.7 Å². The molecule has 26 heavy (non-hydrogen) atoms. The Hall–Kier alpha value is -1.71. The third-order valence-corrected chi connectivity index (χ3v) is 5.71. The normalized spacial score (nSPS) is 16.9. The summed E-state index contributed by atoms with van der Waals surface area (Å²) in [4.78, 5) is 25.9. The molecule has 1 unspecified atom stereocenters. The van der Waals surface area contributed by atoms with E-state index in [-0.39, 0.29) is 4.32 Å². The molecule has 140 valence electrons. The minimum absolute atomic E-state index is 0.247. The highest BCUT2D eigenvalue weighted by Crippen LogP contribution is 2.38. The molecular formula is C17H19NO5S3.